The molecule has 1 saturated carbocycles. The molecule has 1 aliphatic carbocycles. The number of aryl methyl sites for hydroxylation is 1. The normalized spacial score (nSPS) is 25.2. The van der Waals surface area contributed by atoms with Crippen LogP contribution >= 0.6 is 0 Å². The number of ether oxygens (including phenoxy) is 1. The van der Waals surface area contributed by atoms with Gasteiger partial charge >= 0.3 is 0 Å². The molecule has 1 heterocycles. The molecule has 182 valence electrons. The Kier molecular flexibility index (Phi) is 8.95. The lowest BCUT2D eigenvalue weighted by Crippen LogP contribution is -2.49. The van der Waals surface area contributed by atoms with E-state index >= 15 is 0 Å². The molecule has 3 rings (SSSR count). The fraction of sp³-hybridized carbons (Fsp3) is 0.586. The van der Waals surface area contributed by atoms with Gasteiger partial charge in [-0.3, -0.25) is 0 Å². The zero-order valence-corrected chi connectivity index (χ0v) is 21.2. The zero-order valence-electron chi connectivity index (χ0n) is 21.2. The molecule has 0 aromatic heterocycles. The van der Waals surface area contributed by atoms with Crippen LogP contribution in [0.5, 0.6) is 0 Å². The molecule has 1 saturated heterocycles. The molecule has 0 bridgehead atoms. The molecule has 0 atom stereocenters. The monoisotopic (exact) mass is 455 g/mol. The van der Waals surface area contributed by atoms with Crippen molar-refractivity contribution in [1.82, 2.24) is 4.90 Å². The number of allylic oxidation sites excluding steroid dienone is 4. The van der Waals surface area contributed by atoms with Crippen molar-refractivity contribution in [3.05, 3.63) is 64.7 Å². The van der Waals surface area contributed by atoms with Crippen LogP contribution in [-0.2, 0) is 11.2 Å². The van der Waals surface area contributed by atoms with Gasteiger partial charge in [0.25, 0.3) is 0 Å². The van der Waals surface area contributed by atoms with E-state index in [0.29, 0.717) is 12.0 Å². The van der Waals surface area contributed by atoms with Crippen molar-refractivity contribution < 1.29 is 14.2 Å². The molecule has 0 unspecified atom stereocenters. The van der Waals surface area contributed by atoms with Crippen LogP contribution < -0.4 is 0 Å². The van der Waals surface area contributed by atoms with Gasteiger partial charge in [0, 0.05) is 24.7 Å². The van der Waals surface area contributed by atoms with Gasteiger partial charge in [0.2, 0.25) is 0 Å². The lowest BCUT2D eigenvalue weighted by Gasteiger charge is -2.44. The van der Waals surface area contributed by atoms with Gasteiger partial charge in [-0.25, -0.2) is 4.39 Å². The van der Waals surface area contributed by atoms with Crippen molar-refractivity contribution in [1.29, 1.82) is 0 Å². The molecular weight excluding hydrogens is 413 g/mol. The summed E-state index contributed by atoms with van der Waals surface area (Å²) >= 11 is 0. The predicted octanol–water partition coefficient (Wildman–Crippen LogP) is 6.67. The maximum atomic E-state index is 14.0. The van der Waals surface area contributed by atoms with E-state index in [1.807, 2.05) is 32.1 Å². The summed E-state index contributed by atoms with van der Waals surface area (Å²) in [4.78, 5) is 2.58. The summed E-state index contributed by atoms with van der Waals surface area (Å²) in [6, 6.07) is 5.82. The standard InChI is InChI=1S/C29H42FNO2/c1-6-9-28(33-5)21(4)29(32)16-18-31(19-17-29)25-14-11-23(12-15-25)26(8-3)27-20-24(30)13-10-22(27)7-2/h6,8-10,13,20,23,25,32H,7,11-12,14-19H2,1-5H3/b9-6-,26-8-,28-21-. The van der Waals surface area contributed by atoms with Crippen LogP contribution in [0.3, 0.4) is 0 Å². The minimum absolute atomic E-state index is 0.147. The molecule has 4 heteroatoms. The third-order valence-corrected chi connectivity index (χ3v) is 7.96. The maximum Gasteiger partial charge on any atom is 0.123 e. The Morgan fingerprint density at radius 2 is 1.85 bits per heavy atom. The lowest BCUT2D eigenvalue weighted by molar-refractivity contribution is -0.0117. The van der Waals surface area contributed by atoms with Crippen LogP contribution in [0.25, 0.3) is 5.57 Å². The molecule has 0 spiro atoms. The number of aliphatic hydroxyl groups is 1. The largest absolute Gasteiger partial charge is 0.497 e. The van der Waals surface area contributed by atoms with Gasteiger partial charge in [0.05, 0.1) is 12.7 Å². The van der Waals surface area contributed by atoms with Crippen molar-refractivity contribution in [2.24, 2.45) is 5.92 Å². The van der Waals surface area contributed by atoms with Crippen LogP contribution in [0.4, 0.5) is 4.39 Å². The third-order valence-electron chi connectivity index (χ3n) is 7.96. The molecule has 2 aliphatic rings. The first-order chi connectivity index (χ1) is 15.9. The number of benzene rings is 1. The molecule has 1 aromatic carbocycles. The summed E-state index contributed by atoms with van der Waals surface area (Å²) in [5, 5.41) is 11.3. The van der Waals surface area contributed by atoms with E-state index in [9.17, 15) is 9.50 Å². The fourth-order valence-corrected chi connectivity index (χ4v) is 5.85. The number of methoxy groups -OCH3 is 1. The first kappa shape index (κ1) is 25.7. The summed E-state index contributed by atoms with van der Waals surface area (Å²) in [6.07, 6.45) is 13.1. The highest BCUT2D eigenvalue weighted by Gasteiger charge is 2.38. The highest BCUT2D eigenvalue weighted by Crippen LogP contribution is 2.40. The summed E-state index contributed by atoms with van der Waals surface area (Å²) in [5.41, 5.74) is 3.80. The number of nitrogens with zero attached hydrogens (tertiary/aromatic N) is 1. The van der Waals surface area contributed by atoms with Crippen LogP contribution in [0.1, 0.15) is 77.3 Å². The predicted molar refractivity (Wildman–Crippen MR) is 135 cm³/mol. The van der Waals surface area contributed by atoms with Gasteiger partial charge in [-0.05, 0) is 107 Å². The Hall–Kier alpha value is -1.91. The second-order valence-corrected chi connectivity index (χ2v) is 9.67. The van der Waals surface area contributed by atoms with Gasteiger partial charge in [-0.15, -0.1) is 0 Å². The Morgan fingerprint density at radius 3 is 2.39 bits per heavy atom. The number of halogens is 1. The van der Waals surface area contributed by atoms with E-state index in [1.165, 1.54) is 11.1 Å². The van der Waals surface area contributed by atoms with E-state index in [0.717, 1.165) is 74.9 Å². The number of rotatable bonds is 7. The summed E-state index contributed by atoms with van der Waals surface area (Å²) in [5.74, 6) is 1.12. The number of piperidine rings is 1. The zero-order chi connectivity index (χ0) is 24.0. The average molecular weight is 456 g/mol. The highest BCUT2D eigenvalue weighted by atomic mass is 19.1. The Labute approximate surface area is 200 Å². The molecular formula is C29H42FNO2. The molecule has 2 fully saturated rings. The molecule has 33 heavy (non-hydrogen) atoms. The molecule has 1 N–H and O–H groups in total. The molecule has 1 aliphatic heterocycles. The van der Waals surface area contributed by atoms with Gasteiger partial charge in [0.15, 0.2) is 0 Å². The minimum atomic E-state index is -0.787. The van der Waals surface area contributed by atoms with Crippen LogP contribution in [0.2, 0.25) is 0 Å². The number of hydrogen-bond donors (Lipinski definition) is 1. The molecule has 1 aromatic rings. The Balaban J connectivity index is 1.62. The summed E-state index contributed by atoms with van der Waals surface area (Å²) < 4.78 is 19.5. The van der Waals surface area contributed by atoms with Gasteiger partial charge in [-0.1, -0.05) is 25.1 Å². The van der Waals surface area contributed by atoms with E-state index in [4.69, 9.17) is 4.74 Å². The topological polar surface area (TPSA) is 32.7 Å². The van der Waals surface area contributed by atoms with E-state index in [-0.39, 0.29) is 5.82 Å². The van der Waals surface area contributed by atoms with Crippen molar-refractivity contribution in [3.63, 3.8) is 0 Å². The average Bonchev–Trinajstić information content (AvgIpc) is 2.84. The van der Waals surface area contributed by atoms with Crippen molar-refractivity contribution in [2.45, 2.75) is 84.3 Å². The first-order valence-electron chi connectivity index (χ1n) is 12.7. The molecule has 0 amide bonds. The quantitative estimate of drug-likeness (QED) is 0.368. The van der Waals surface area contributed by atoms with Crippen LogP contribution in [-0.4, -0.2) is 41.8 Å². The number of likely N-dealkylation sites (tertiary alicyclic amines) is 1. The number of hydrogen-bond acceptors (Lipinski definition) is 3. The van der Waals surface area contributed by atoms with Crippen molar-refractivity contribution >= 4 is 5.57 Å². The Bertz CT molecular complexity index is 885. The van der Waals surface area contributed by atoms with Gasteiger partial charge in [-0.2, -0.15) is 0 Å². The van der Waals surface area contributed by atoms with E-state index < -0.39 is 5.60 Å². The minimum Gasteiger partial charge on any atom is -0.497 e. The van der Waals surface area contributed by atoms with Crippen molar-refractivity contribution in [3.8, 4) is 0 Å². The maximum absolute atomic E-state index is 14.0. The second-order valence-electron chi connectivity index (χ2n) is 9.67. The molecule has 3 nitrogen and oxygen atoms in total. The third kappa shape index (κ3) is 5.78. The van der Waals surface area contributed by atoms with Gasteiger partial charge < -0.3 is 14.7 Å². The fourth-order valence-electron chi connectivity index (χ4n) is 5.85. The van der Waals surface area contributed by atoms with Crippen LogP contribution in [0, 0.1) is 11.7 Å². The molecule has 0 radical (unpaired) electrons. The smallest absolute Gasteiger partial charge is 0.123 e. The Morgan fingerprint density at radius 1 is 1.18 bits per heavy atom. The van der Waals surface area contributed by atoms with E-state index in [1.54, 1.807) is 19.2 Å². The first-order valence-corrected chi connectivity index (χ1v) is 12.7. The summed E-state index contributed by atoms with van der Waals surface area (Å²) in [6.45, 7) is 10.0. The van der Waals surface area contributed by atoms with Crippen molar-refractivity contribution in [2.75, 3.05) is 20.2 Å². The SMILES string of the molecule is C/C=C\C(OC)=C(/C)C1(O)CCN(C2CCC(/C(=C/C)c3cc(F)ccc3CC)CC2)CC1. The van der Waals surface area contributed by atoms with Crippen LogP contribution in [0.15, 0.2) is 47.8 Å². The van der Waals surface area contributed by atoms with Gasteiger partial charge in [0.1, 0.15) is 11.6 Å². The highest BCUT2D eigenvalue weighted by molar-refractivity contribution is 5.70. The second kappa shape index (κ2) is 11.5. The summed E-state index contributed by atoms with van der Waals surface area (Å²) in [7, 11) is 1.67. The van der Waals surface area contributed by atoms with E-state index in [2.05, 4.69) is 24.8 Å². The lowest BCUT2D eigenvalue weighted by atomic mass is 9.76.